The van der Waals surface area contributed by atoms with E-state index in [1.165, 1.54) is 12.5 Å². The summed E-state index contributed by atoms with van der Waals surface area (Å²) in [4.78, 5) is 64.2. The van der Waals surface area contributed by atoms with Crippen molar-refractivity contribution in [3.8, 4) is 0 Å². The molecule has 1 heterocycles. The molecule has 3 atom stereocenters. The molecule has 1 rings (SSSR count). The van der Waals surface area contributed by atoms with Gasteiger partial charge >= 0.3 is 5.97 Å². The first-order valence-electron chi connectivity index (χ1n) is 8.36. The number of nitrogens with one attached hydrogen (secondary N) is 4. The molecular weight excluding hydrogens is 390 g/mol. The zero-order valence-electron chi connectivity index (χ0n) is 15.3. The highest BCUT2D eigenvalue weighted by Crippen LogP contribution is 1.97. The number of carbonyl (C=O) groups is 5. The van der Waals surface area contributed by atoms with E-state index in [1.54, 1.807) is 0 Å². The number of nitrogens with two attached hydrogens (primary N) is 2. The minimum Gasteiger partial charge on any atom is -0.480 e. The van der Waals surface area contributed by atoms with Crippen LogP contribution in [-0.2, 0) is 30.4 Å². The Bertz CT molecular complexity index is 737. The summed E-state index contributed by atoms with van der Waals surface area (Å²) in [5.74, 6) is -4.98. The topological polar surface area (TPSA) is 243 Å². The molecule has 0 aliphatic rings. The molecule has 0 saturated heterocycles. The maximum Gasteiger partial charge on any atom is 0.326 e. The van der Waals surface area contributed by atoms with Crippen LogP contribution in [0.15, 0.2) is 12.5 Å². The lowest BCUT2D eigenvalue weighted by atomic mass is 10.1. The average Bonchev–Trinajstić information content (AvgIpc) is 3.15. The Hall–Kier alpha value is -3.52. The number of aliphatic carboxylic acids is 1. The highest BCUT2D eigenvalue weighted by atomic mass is 16.4. The quantitative estimate of drug-likeness (QED) is 0.164. The molecule has 4 amide bonds. The zero-order valence-corrected chi connectivity index (χ0v) is 15.3. The molecule has 3 unspecified atom stereocenters. The van der Waals surface area contributed by atoms with E-state index in [0.29, 0.717) is 5.69 Å². The summed E-state index contributed by atoms with van der Waals surface area (Å²) in [7, 11) is 0. The monoisotopic (exact) mass is 413 g/mol. The number of aromatic nitrogens is 2. The van der Waals surface area contributed by atoms with Gasteiger partial charge in [0.2, 0.25) is 23.6 Å². The number of rotatable bonds is 12. The van der Waals surface area contributed by atoms with Crippen molar-refractivity contribution in [2.24, 2.45) is 11.5 Å². The number of aliphatic hydroxyl groups excluding tert-OH is 1. The molecule has 14 nitrogen and oxygen atoms in total. The molecule has 0 spiro atoms. The number of amides is 4. The highest BCUT2D eigenvalue weighted by Gasteiger charge is 2.27. The number of aliphatic hydroxyl groups is 1. The molecule has 14 heteroatoms. The van der Waals surface area contributed by atoms with Gasteiger partial charge in [-0.05, 0) is 0 Å². The summed E-state index contributed by atoms with van der Waals surface area (Å²) in [5, 5.41) is 24.6. The average molecular weight is 413 g/mol. The Kier molecular flexibility index (Phi) is 9.21. The molecule has 160 valence electrons. The Morgan fingerprint density at radius 1 is 1.14 bits per heavy atom. The van der Waals surface area contributed by atoms with Gasteiger partial charge in [-0.15, -0.1) is 0 Å². The van der Waals surface area contributed by atoms with E-state index in [2.05, 4.69) is 20.6 Å². The van der Waals surface area contributed by atoms with Crippen LogP contribution in [0.25, 0.3) is 0 Å². The van der Waals surface area contributed by atoms with Crippen molar-refractivity contribution < 1.29 is 34.2 Å². The van der Waals surface area contributed by atoms with E-state index >= 15 is 0 Å². The van der Waals surface area contributed by atoms with Crippen molar-refractivity contribution in [2.45, 2.75) is 31.0 Å². The maximum atomic E-state index is 12.0. The van der Waals surface area contributed by atoms with Crippen LogP contribution in [0.3, 0.4) is 0 Å². The number of carbonyl (C=O) groups excluding carboxylic acids is 4. The van der Waals surface area contributed by atoms with Crippen molar-refractivity contribution in [1.29, 1.82) is 0 Å². The molecule has 10 N–H and O–H groups in total. The molecule has 0 aliphatic heterocycles. The van der Waals surface area contributed by atoms with Crippen molar-refractivity contribution >= 4 is 29.6 Å². The summed E-state index contributed by atoms with van der Waals surface area (Å²) >= 11 is 0. The number of primary amides is 1. The van der Waals surface area contributed by atoms with E-state index in [9.17, 15) is 29.1 Å². The molecule has 0 aliphatic carbocycles. The third-order valence-electron chi connectivity index (χ3n) is 3.61. The first kappa shape index (κ1) is 23.5. The van der Waals surface area contributed by atoms with Crippen LogP contribution < -0.4 is 27.4 Å². The van der Waals surface area contributed by atoms with E-state index in [4.69, 9.17) is 16.6 Å². The van der Waals surface area contributed by atoms with Crippen molar-refractivity contribution in [1.82, 2.24) is 25.9 Å². The third-order valence-corrected chi connectivity index (χ3v) is 3.61. The van der Waals surface area contributed by atoms with Gasteiger partial charge in [0.05, 0.1) is 31.9 Å². The van der Waals surface area contributed by atoms with Crippen LogP contribution >= 0.6 is 0 Å². The smallest absolute Gasteiger partial charge is 0.326 e. The first-order chi connectivity index (χ1) is 13.6. The number of carboxylic acids is 1. The lowest BCUT2D eigenvalue weighted by Crippen LogP contribution is -2.55. The number of carboxylic acid groups (broad SMARTS) is 1. The second kappa shape index (κ2) is 11.4. The van der Waals surface area contributed by atoms with Crippen molar-refractivity contribution in [3.05, 3.63) is 18.2 Å². The molecule has 0 fully saturated rings. The molecule has 29 heavy (non-hydrogen) atoms. The molecule has 1 aromatic rings. The van der Waals surface area contributed by atoms with Gasteiger partial charge in [-0.1, -0.05) is 0 Å². The maximum absolute atomic E-state index is 12.0. The fraction of sp³-hybridized carbons (Fsp3) is 0.467. The zero-order chi connectivity index (χ0) is 22.0. The van der Waals surface area contributed by atoms with Crippen molar-refractivity contribution in [3.63, 3.8) is 0 Å². The van der Waals surface area contributed by atoms with Crippen LogP contribution in [-0.4, -0.2) is 81.1 Å². The lowest BCUT2D eigenvalue weighted by Gasteiger charge is -2.19. The van der Waals surface area contributed by atoms with Gasteiger partial charge in [-0.25, -0.2) is 9.78 Å². The van der Waals surface area contributed by atoms with E-state index < -0.39 is 67.3 Å². The van der Waals surface area contributed by atoms with Gasteiger partial charge in [-0.3, -0.25) is 19.2 Å². The summed E-state index contributed by atoms with van der Waals surface area (Å²) in [6, 6.07) is -4.08. The molecule has 1 aromatic heterocycles. The lowest BCUT2D eigenvalue weighted by molar-refractivity contribution is -0.144. The van der Waals surface area contributed by atoms with Gasteiger partial charge in [0.1, 0.15) is 12.1 Å². The van der Waals surface area contributed by atoms with E-state index in [-0.39, 0.29) is 6.42 Å². The fourth-order valence-corrected chi connectivity index (χ4v) is 2.14. The van der Waals surface area contributed by atoms with Crippen molar-refractivity contribution in [2.75, 3.05) is 13.2 Å². The van der Waals surface area contributed by atoms with E-state index in [1.807, 2.05) is 5.32 Å². The summed E-state index contributed by atoms with van der Waals surface area (Å²) in [6.45, 7) is -1.39. The van der Waals surface area contributed by atoms with Gasteiger partial charge in [0.15, 0.2) is 0 Å². The second-order valence-corrected chi connectivity index (χ2v) is 5.98. The van der Waals surface area contributed by atoms with Crippen LogP contribution in [0, 0.1) is 0 Å². The molecular formula is C15H23N7O7. The number of nitrogens with zero attached hydrogens (tertiary/aromatic N) is 1. The van der Waals surface area contributed by atoms with Crippen LogP contribution in [0.1, 0.15) is 12.1 Å². The van der Waals surface area contributed by atoms with Gasteiger partial charge in [-0.2, -0.15) is 0 Å². The Balaban J connectivity index is 2.50. The Morgan fingerprint density at radius 2 is 1.83 bits per heavy atom. The number of H-pyrrole nitrogens is 1. The number of hydrogen-bond acceptors (Lipinski definition) is 8. The largest absolute Gasteiger partial charge is 0.480 e. The van der Waals surface area contributed by atoms with Gasteiger partial charge in [0.25, 0.3) is 0 Å². The second-order valence-electron chi connectivity index (χ2n) is 5.98. The number of imidazole rings is 1. The summed E-state index contributed by atoms with van der Waals surface area (Å²) < 4.78 is 0. The first-order valence-corrected chi connectivity index (χ1v) is 8.36. The predicted molar refractivity (Wildman–Crippen MR) is 95.7 cm³/mol. The van der Waals surface area contributed by atoms with Crippen LogP contribution in [0.5, 0.6) is 0 Å². The molecule has 0 saturated carbocycles. The predicted octanol–water partition coefficient (Wildman–Crippen LogP) is -4.68. The van der Waals surface area contributed by atoms with Gasteiger partial charge < -0.3 is 42.6 Å². The minimum atomic E-state index is -1.62. The SMILES string of the molecule is NC(=O)CC(NC(=O)C(CO)NC(=O)CNC(=O)C(N)Cc1cnc[nH]1)C(=O)O. The Labute approximate surface area is 164 Å². The third kappa shape index (κ3) is 8.35. The Morgan fingerprint density at radius 3 is 2.34 bits per heavy atom. The standard InChI is InChI=1S/C15H23N7O7/c16-8(1-7-3-18-6-20-7)13(26)19-4-12(25)21-10(5-23)14(27)22-9(15(28)29)2-11(17)24/h3,6,8-10,23H,1-2,4-5,16H2,(H2,17,24)(H,18,20)(H,19,26)(H,21,25)(H,22,27)(H,28,29). The highest BCUT2D eigenvalue weighted by molar-refractivity contribution is 5.93. The molecule has 0 radical (unpaired) electrons. The number of aromatic amines is 1. The molecule has 0 bridgehead atoms. The minimum absolute atomic E-state index is 0.158. The van der Waals surface area contributed by atoms with Crippen LogP contribution in [0.2, 0.25) is 0 Å². The normalized spacial score (nSPS) is 13.6. The van der Waals surface area contributed by atoms with Crippen LogP contribution in [0.4, 0.5) is 0 Å². The number of hydrogen-bond donors (Lipinski definition) is 8. The van der Waals surface area contributed by atoms with Gasteiger partial charge in [0, 0.05) is 18.3 Å². The summed E-state index contributed by atoms with van der Waals surface area (Å²) in [6.07, 6.45) is 2.40. The fourth-order valence-electron chi connectivity index (χ4n) is 2.14. The van der Waals surface area contributed by atoms with E-state index in [0.717, 1.165) is 0 Å². The summed E-state index contributed by atoms with van der Waals surface area (Å²) in [5.41, 5.74) is 11.2. The molecule has 0 aromatic carbocycles.